The van der Waals surface area contributed by atoms with Gasteiger partial charge in [0.05, 0.1) is 19.0 Å². The third-order valence-corrected chi connectivity index (χ3v) is 7.70. The highest BCUT2D eigenvalue weighted by Crippen LogP contribution is 2.33. The van der Waals surface area contributed by atoms with Crippen LogP contribution < -0.4 is 9.75 Å². The molecule has 0 radical (unpaired) electrons. The maximum absolute atomic E-state index is 14.8. The molecule has 1 nitrogen and oxygen atoms in total. The molecule has 0 fully saturated rings. The second-order valence-electron chi connectivity index (χ2n) is 8.84. The van der Waals surface area contributed by atoms with Crippen molar-refractivity contribution in [2.45, 2.75) is 26.6 Å². The standard InChI is InChI=1S/C26H27FNSi/c1-18-15-25(27)24(19-9-7-6-8-10-19)17-23(18)26-22-12-11-21(29(3,4)5)16-20(22)13-14-28(26)2/h6-17H,1-5H3/q+1. The molecule has 4 aromatic rings. The van der Waals surface area contributed by atoms with E-state index < -0.39 is 8.07 Å². The van der Waals surface area contributed by atoms with E-state index in [-0.39, 0.29) is 5.82 Å². The van der Waals surface area contributed by atoms with Crippen molar-refractivity contribution in [2.75, 3.05) is 0 Å². The van der Waals surface area contributed by atoms with Crippen LogP contribution in [0.3, 0.4) is 0 Å². The first kappa shape index (κ1) is 19.5. The number of rotatable bonds is 3. The minimum atomic E-state index is -1.39. The van der Waals surface area contributed by atoms with Gasteiger partial charge in [-0.25, -0.2) is 8.96 Å². The summed E-state index contributed by atoms with van der Waals surface area (Å²) in [6.45, 7) is 9.10. The van der Waals surface area contributed by atoms with Crippen molar-refractivity contribution in [2.24, 2.45) is 7.05 Å². The Labute approximate surface area is 173 Å². The minimum Gasteiger partial charge on any atom is -0.206 e. The van der Waals surface area contributed by atoms with E-state index in [4.69, 9.17) is 0 Å². The summed E-state index contributed by atoms with van der Waals surface area (Å²) in [5.74, 6) is -0.179. The van der Waals surface area contributed by atoms with Gasteiger partial charge in [-0.3, -0.25) is 0 Å². The maximum atomic E-state index is 14.8. The van der Waals surface area contributed by atoms with Gasteiger partial charge in [-0.2, -0.15) is 0 Å². The fourth-order valence-corrected chi connectivity index (χ4v) is 5.11. The zero-order chi connectivity index (χ0) is 20.8. The van der Waals surface area contributed by atoms with Gasteiger partial charge in [0.2, 0.25) is 5.69 Å². The van der Waals surface area contributed by atoms with Crippen LogP contribution in [0.25, 0.3) is 33.2 Å². The molecule has 0 aliphatic carbocycles. The van der Waals surface area contributed by atoms with Crippen molar-refractivity contribution in [3.8, 4) is 22.4 Å². The van der Waals surface area contributed by atoms with Crippen molar-refractivity contribution < 1.29 is 8.96 Å². The van der Waals surface area contributed by atoms with E-state index in [1.807, 2.05) is 43.3 Å². The molecule has 0 bridgehead atoms. The van der Waals surface area contributed by atoms with E-state index in [0.717, 1.165) is 22.4 Å². The molecule has 0 saturated carbocycles. The average molecular weight is 401 g/mol. The largest absolute Gasteiger partial charge is 0.220 e. The fourth-order valence-electron chi connectivity index (χ4n) is 3.94. The predicted octanol–water partition coefficient (Wildman–Crippen LogP) is 5.99. The fraction of sp³-hybridized carbons (Fsp3) is 0.192. The molecular weight excluding hydrogens is 373 g/mol. The molecule has 146 valence electrons. The van der Waals surface area contributed by atoms with Gasteiger partial charge in [0.25, 0.3) is 0 Å². The first-order valence-electron chi connectivity index (χ1n) is 10.0. The number of hydrogen-bond acceptors (Lipinski definition) is 0. The first-order chi connectivity index (χ1) is 13.8. The molecule has 4 rings (SSSR count). The van der Waals surface area contributed by atoms with Crippen LogP contribution in [-0.2, 0) is 7.05 Å². The van der Waals surface area contributed by atoms with Crippen LogP contribution in [-0.4, -0.2) is 8.07 Å². The first-order valence-corrected chi connectivity index (χ1v) is 13.5. The minimum absolute atomic E-state index is 0.179. The maximum Gasteiger partial charge on any atom is 0.220 e. The van der Waals surface area contributed by atoms with Crippen molar-refractivity contribution in [1.29, 1.82) is 0 Å². The molecule has 0 saturated heterocycles. The molecule has 29 heavy (non-hydrogen) atoms. The second kappa shape index (κ2) is 7.23. The molecular formula is C26H27FNSi+. The van der Waals surface area contributed by atoms with Gasteiger partial charge in [-0.05, 0) is 41.6 Å². The molecule has 0 aliphatic heterocycles. The molecule has 0 aliphatic rings. The third kappa shape index (κ3) is 3.63. The van der Waals surface area contributed by atoms with Crippen LogP contribution >= 0.6 is 0 Å². The number of pyridine rings is 1. The van der Waals surface area contributed by atoms with Crippen LogP contribution in [0.15, 0.2) is 72.9 Å². The van der Waals surface area contributed by atoms with E-state index in [1.165, 1.54) is 16.0 Å². The Morgan fingerprint density at radius 2 is 1.55 bits per heavy atom. The topological polar surface area (TPSA) is 3.88 Å². The lowest BCUT2D eigenvalue weighted by molar-refractivity contribution is -0.659. The number of benzene rings is 3. The lowest BCUT2D eigenvalue weighted by Gasteiger charge is -2.18. The SMILES string of the molecule is Cc1cc(F)c(-c2ccccc2)cc1-c1c2ccc([Si](C)(C)C)cc2cc[n+]1C. The van der Waals surface area contributed by atoms with Crippen molar-refractivity contribution in [3.63, 3.8) is 0 Å². The summed E-state index contributed by atoms with van der Waals surface area (Å²) in [5, 5.41) is 3.89. The highest BCUT2D eigenvalue weighted by Gasteiger charge is 2.22. The summed E-state index contributed by atoms with van der Waals surface area (Å²) in [4.78, 5) is 0. The van der Waals surface area contributed by atoms with Gasteiger partial charge in [0.1, 0.15) is 12.9 Å². The molecule has 0 amide bonds. The van der Waals surface area contributed by atoms with Gasteiger partial charge >= 0.3 is 0 Å². The van der Waals surface area contributed by atoms with Crippen molar-refractivity contribution in [1.82, 2.24) is 0 Å². The quantitative estimate of drug-likeness (QED) is 0.294. The van der Waals surface area contributed by atoms with E-state index in [9.17, 15) is 4.39 Å². The van der Waals surface area contributed by atoms with Crippen LogP contribution in [0.4, 0.5) is 4.39 Å². The number of fused-ring (bicyclic) bond motifs is 1. The van der Waals surface area contributed by atoms with Gasteiger partial charge in [0, 0.05) is 11.6 Å². The summed E-state index contributed by atoms with van der Waals surface area (Å²) in [7, 11) is 0.673. The Bertz CT molecular complexity index is 1210. The number of halogens is 1. The van der Waals surface area contributed by atoms with E-state index in [0.29, 0.717) is 5.56 Å². The van der Waals surface area contributed by atoms with Crippen molar-refractivity contribution >= 4 is 24.0 Å². The molecule has 1 aromatic heterocycles. The van der Waals surface area contributed by atoms with Crippen LogP contribution in [0, 0.1) is 12.7 Å². The predicted molar refractivity (Wildman–Crippen MR) is 124 cm³/mol. The summed E-state index contributed by atoms with van der Waals surface area (Å²) in [6, 6.07) is 22.5. The van der Waals surface area contributed by atoms with Crippen LogP contribution in [0.1, 0.15) is 5.56 Å². The van der Waals surface area contributed by atoms with Crippen LogP contribution in [0.5, 0.6) is 0 Å². The van der Waals surface area contributed by atoms with E-state index in [1.54, 1.807) is 6.07 Å². The third-order valence-electron chi connectivity index (χ3n) is 5.66. The zero-order valence-electron chi connectivity index (χ0n) is 17.8. The van der Waals surface area contributed by atoms with Gasteiger partial charge in [-0.1, -0.05) is 67.3 Å². The Hall–Kier alpha value is -2.78. The molecule has 3 heteroatoms. The molecule has 0 unspecified atom stereocenters. The molecule has 0 atom stereocenters. The van der Waals surface area contributed by atoms with E-state index >= 15 is 0 Å². The zero-order valence-corrected chi connectivity index (χ0v) is 18.8. The molecule has 1 heterocycles. The van der Waals surface area contributed by atoms with Gasteiger partial charge in [-0.15, -0.1) is 0 Å². The van der Waals surface area contributed by atoms with Gasteiger partial charge < -0.3 is 0 Å². The Morgan fingerprint density at radius 3 is 2.24 bits per heavy atom. The average Bonchev–Trinajstić information content (AvgIpc) is 2.68. The Morgan fingerprint density at radius 1 is 0.828 bits per heavy atom. The smallest absolute Gasteiger partial charge is 0.206 e. The van der Waals surface area contributed by atoms with Crippen LogP contribution in [0.2, 0.25) is 19.6 Å². The number of aromatic nitrogens is 1. The summed E-state index contributed by atoms with van der Waals surface area (Å²) in [6.07, 6.45) is 2.11. The number of nitrogens with zero attached hydrogens (tertiary/aromatic N) is 1. The monoisotopic (exact) mass is 400 g/mol. The number of hydrogen-bond donors (Lipinski definition) is 0. The normalized spacial score (nSPS) is 11.8. The van der Waals surface area contributed by atoms with E-state index in [2.05, 4.69) is 61.7 Å². The van der Waals surface area contributed by atoms with Gasteiger partial charge in [0.15, 0.2) is 6.20 Å². The number of aryl methyl sites for hydroxylation is 2. The summed E-state index contributed by atoms with van der Waals surface area (Å²) < 4.78 is 17.0. The lowest BCUT2D eigenvalue weighted by atomic mass is 9.94. The summed E-state index contributed by atoms with van der Waals surface area (Å²) >= 11 is 0. The second-order valence-corrected chi connectivity index (χ2v) is 13.9. The van der Waals surface area contributed by atoms with Crippen molar-refractivity contribution in [3.05, 3.63) is 84.3 Å². The summed E-state index contributed by atoms with van der Waals surface area (Å²) in [5.41, 5.74) is 4.68. The Kier molecular flexibility index (Phi) is 4.87. The molecule has 3 aromatic carbocycles. The highest BCUT2D eigenvalue weighted by molar-refractivity contribution is 6.88. The highest BCUT2D eigenvalue weighted by atomic mass is 28.3. The molecule has 0 N–H and O–H groups in total. The lowest BCUT2D eigenvalue weighted by Crippen LogP contribution is -2.37. The Balaban J connectivity index is 1.98. The molecule has 0 spiro atoms.